The monoisotopic (exact) mass is 375 g/mol. The van der Waals surface area contributed by atoms with Crippen molar-refractivity contribution in [1.29, 1.82) is 0 Å². The Morgan fingerprint density at radius 2 is 1.85 bits per heavy atom. The van der Waals surface area contributed by atoms with Crippen LogP contribution in [0.4, 0.5) is 0 Å². The average Bonchev–Trinajstić information content (AvgIpc) is 3.42. The second-order valence-electron chi connectivity index (χ2n) is 7.26. The van der Waals surface area contributed by atoms with Crippen LogP contribution in [0.25, 0.3) is 0 Å². The lowest BCUT2D eigenvalue weighted by atomic mass is 9.93. The number of ketones is 1. The van der Waals surface area contributed by atoms with E-state index in [1.165, 1.54) is 0 Å². The molecule has 7 heteroatoms. The fraction of sp³-hybridized carbons (Fsp3) is 0.550. The summed E-state index contributed by atoms with van der Waals surface area (Å²) in [6.07, 6.45) is 0.904. The number of carbonyl (C=O) groups is 3. The number of hydrogen-bond donors (Lipinski definition) is 3. The second-order valence-corrected chi connectivity index (χ2v) is 7.26. The summed E-state index contributed by atoms with van der Waals surface area (Å²) in [5.41, 5.74) is 6.99. The van der Waals surface area contributed by atoms with Crippen LogP contribution >= 0.6 is 0 Å². The summed E-state index contributed by atoms with van der Waals surface area (Å²) in [6, 6.07) is 6.75. The van der Waals surface area contributed by atoms with Crippen molar-refractivity contribution in [3.63, 3.8) is 0 Å². The molecule has 0 spiro atoms. The molecule has 148 valence electrons. The van der Waals surface area contributed by atoms with Gasteiger partial charge in [0.2, 0.25) is 5.91 Å². The fourth-order valence-electron chi connectivity index (χ4n) is 3.02. The number of hydrogen-bond acceptors (Lipinski definition) is 6. The van der Waals surface area contributed by atoms with E-state index < -0.39 is 30.1 Å². The van der Waals surface area contributed by atoms with Gasteiger partial charge in [0.25, 0.3) is 0 Å². The summed E-state index contributed by atoms with van der Waals surface area (Å²) in [5, 5.41) is 5.56. The molecule has 1 heterocycles. The predicted octanol–water partition coefficient (Wildman–Crippen LogP) is 0.560. The first-order valence-electron chi connectivity index (χ1n) is 9.39. The molecular formula is C20H29N3O4. The van der Waals surface area contributed by atoms with Crippen LogP contribution in [0.1, 0.15) is 32.8 Å². The Hall–Kier alpha value is -2.25. The van der Waals surface area contributed by atoms with Gasteiger partial charge in [0.1, 0.15) is 12.1 Å². The predicted molar refractivity (Wildman–Crippen MR) is 102 cm³/mol. The largest absolute Gasteiger partial charge is 0.465 e. The van der Waals surface area contributed by atoms with Crippen LogP contribution in [0.5, 0.6) is 0 Å². The van der Waals surface area contributed by atoms with E-state index in [1.54, 1.807) is 6.92 Å². The molecule has 0 aliphatic carbocycles. The molecule has 1 aromatic rings. The van der Waals surface area contributed by atoms with E-state index in [9.17, 15) is 14.4 Å². The minimum Gasteiger partial charge on any atom is -0.465 e. The maximum atomic E-state index is 12.8. The Bertz CT molecular complexity index is 662. The summed E-state index contributed by atoms with van der Waals surface area (Å²) in [4.78, 5) is 37.0. The van der Waals surface area contributed by atoms with Gasteiger partial charge in [-0.05, 0) is 31.2 Å². The third-order valence-electron chi connectivity index (χ3n) is 4.44. The number of nitrogens with two attached hydrogens (primary N) is 1. The SMILES string of the molecule is CCOC(=O)[C@H]1N[C@@H]1C(=O)N[C@@H](Cc1ccccc1)C(=O)C(N)CC(C)C. The molecule has 1 amide bonds. The zero-order valence-corrected chi connectivity index (χ0v) is 16.1. The number of ether oxygens (including phenoxy) is 1. The first-order valence-corrected chi connectivity index (χ1v) is 9.39. The molecule has 1 fully saturated rings. The van der Waals surface area contributed by atoms with E-state index in [0.29, 0.717) is 12.8 Å². The van der Waals surface area contributed by atoms with Gasteiger partial charge in [0.05, 0.1) is 18.7 Å². The van der Waals surface area contributed by atoms with Gasteiger partial charge >= 0.3 is 5.97 Å². The van der Waals surface area contributed by atoms with Gasteiger partial charge in [0.15, 0.2) is 5.78 Å². The van der Waals surface area contributed by atoms with Gasteiger partial charge < -0.3 is 15.8 Å². The molecule has 0 radical (unpaired) electrons. The lowest BCUT2D eigenvalue weighted by Gasteiger charge is -2.22. The topological polar surface area (TPSA) is 120 Å². The Morgan fingerprint density at radius 1 is 1.19 bits per heavy atom. The van der Waals surface area contributed by atoms with Gasteiger partial charge in [-0.1, -0.05) is 44.2 Å². The number of esters is 1. The van der Waals surface area contributed by atoms with Crippen LogP contribution in [-0.2, 0) is 25.5 Å². The van der Waals surface area contributed by atoms with Crippen LogP contribution in [0.15, 0.2) is 30.3 Å². The maximum Gasteiger partial charge on any atom is 0.325 e. The summed E-state index contributed by atoms with van der Waals surface area (Å²) >= 11 is 0. The van der Waals surface area contributed by atoms with Crippen molar-refractivity contribution in [2.24, 2.45) is 11.7 Å². The minimum absolute atomic E-state index is 0.200. The number of Topliss-reactive ketones (excluding diaryl/α,β-unsaturated/α-hetero) is 1. The zero-order chi connectivity index (χ0) is 20.0. The van der Waals surface area contributed by atoms with E-state index in [-0.39, 0.29) is 24.2 Å². The molecule has 1 saturated heterocycles. The van der Waals surface area contributed by atoms with Crippen LogP contribution < -0.4 is 16.4 Å². The molecule has 1 aromatic carbocycles. The van der Waals surface area contributed by atoms with Crippen molar-refractivity contribution < 1.29 is 19.1 Å². The van der Waals surface area contributed by atoms with Gasteiger partial charge in [-0.15, -0.1) is 0 Å². The molecule has 0 bridgehead atoms. The summed E-state index contributed by atoms with van der Waals surface area (Å²) in [6.45, 7) is 5.95. The van der Waals surface area contributed by atoms with E-state index in [2.05, 4.69) is 10.6 Å². The van der Waals surface area contributed by atoms with Crippen LogP contribution in [0, 0.1) is 5.92 Å². The molecule has 27 heavy (non-hydrogen) atoms. The number of nitrogens with one attached hydrogen (secondary N) is 2. The highest BCUT2D eigenvalue weighted by molar-refractivity contribution is 5.99. The molecule has 1 aliphatic rings. The van der Waals surface area contributed by atoms with Crippen molar-refractivity contribution >= 4 is 17.7 Å². The van der Waals surface area contributed by atoms with Gasteiger partial charge in [-0.2, -0.15) is 0 Å². The van der Waals surface area contributed by atoms with Crippen molar-refractivity contribution in [1.82, 2.24) is 10.6 Å². The lowest BCUT2D eigenvalue weighted by molar-refractivity contribution is -0.143. The van der Waals surface area contributed by atoms with Gasteiger partial charge in [-0.25, -0.2) is 0 Å². The Kier molecular flexibility index (Phi) is 7.50. The third kappa shape index (κ3) is 6.15. The van der Waals surface area contributed by atoms with E-state index in [1.807, 2.05) is 44.2 Å². The molecular weight excluding hydrogens is 346 g/mol. The fourth-order valence-corrected chi connectivity index (χ4v) is 3.02. The lowest BCUT2D eigenvalue weighted by Crippen LogP contribution is -2.51. The Morgan fingerprint density at radius 3 is 2.44 bits per heavy atom. The van der Waals surface area contributed by atoms with Crippen molar-refractivity contribution in [3.8, 4) is 0 Å². The maximum absolute atomic E-state index is 12.8. The molecule has 1 unspecified atom stereocenters. The molecule has 7 nitrogen and oxygen atoms in total. The zero-order valence-electron chi connectivity index (χ0n) is 16.1. The molecule has 2 rings (SSSR count). The van der Waals surface area contributed by atoms with E-state index >= 15 is 0 Å². The molecule has 4 N–H and O–H groups in total. The van der Waals surface area contributed by atoms with Crippen LogP contribution in [0.3, 0.4) is 0 Å². The summed E-state index contributed by atoms with van der Waals surface area (Å²) in [7, 11) is 0. The average molecular weight is 375 g/mol. The number of benzene rings is 1. The Labute approximate surface area is 160 Å². The molecule has 0 aromatic heterocycles. The summed E-state index contributed by atoms with van der Waals surface area (Å²) < 4.78 is 4.91. The first kappa shape index (κ1) is 21.1. The van der Waals surface area contributed by atoms with E-state index in [0.717, 1.165) is 5.56 Å². The van der Waals surface area contributed by atoms with Crippen molar-refractivity contribution in [2.45, 2.75) is 57.8 Å². The third-order valence-corrected chi connectivity index (χ3v) is 4.44. The van der Waals surface area contributed by atoms with Gasteiger partial charge in [0, 0.05) is 0 Å². The highest BCUT2D eigenvalue weighted by Crippen LogP contribution is 2.15. The standard InChI is InChI=1S/C20H29N3O4/c1-4-27-20(26)17-16(23-17)19(25)22-15(11-13-8-6-5-7-9-13)18(24)14(21)10-12(2)3/h5-9,12,14-17,23H,4,10-11,21H2,1-3H3,(H,22,25)/t14?,15-,16-,17-/m0/s1. The van der Waals surface area contributed by atoms with Crippen molar-refractivity contribution in [2.75, 3.05) is 6.61 Å². The normalized spacial score (nSPS) is 20.6. The smallest absolute Gasteiger partial charge is 0.325 e. The first-order chi connectivity index (χ1) is 12.8. The van der Waals surface area contributed by atoms with Crippen molar-refractivity contribution in [3.05, 3.63) is 35.9 Å². The number of amides is 1. The molecule has 1 aliphatic heterocycles. The molecule has 4 atom stereocenters. The van der Waals surface area contributed by atoms with Gasteiger partial charge in [-0.3, -0.25) is 19.7 Å². The highest BCUT2D eigenvalue weighted by Gasteiger charge is 2.49. The summed E-state index contributed by atoms with van der Waals surface area (Å²) in [5.74, 6) is -0.774. The Balaban J connectivity index is 2.04. The van der Waals surface area contributed by atoms with Crippen LogP contribution in [-0.4, -0.2) is 48.4 Å². The van der Waals surface area contributed by atoms with E-state index in [4.69, 9.17) is 10.5 Å². The second kappa shape index (κ2) is 9.62. The number of rotatable bonds is 10. The molecule has 0 saturated carbocycles. The number of carbonyl (C=O) groups excluding carboxylic acids is 3. The van der Waals surface area contributed by atoms with Crippen LogP contribution in [0.2, 0.25) is 0 Å². The highest BCUT2D eigenvalue weighted by atomic mass is 16.5. The quantitative estimate of drug-likeness (QED) is 0.406. The minimum atomic E-state index is -0.737.